The van der Waals surface area contributed by atoms with Crippen LogP contribution in [-0.2, 0) is 0 Å². The summed E-state index contributed by atoms with van der Waals surface area (Å²) >= 11 is 0. The van der Waals surface area contributed by atoms with Crippen LogP contribution < -0.4 is 5.32 Å². The molecule has 11 heavy (non-hydrogen) atoms. The number of rotatable bonds is 3. The van der Waals surface area contributed by atoms with E-state index in [1.54, 1.807) is 0 Å². The van der Waals surface area contributed by atoms with Crippen molar-refractivity contribution >= 4 is 0 Å². The van der Waals surface area contributed by atoms with Gasteiger partial charge in [0, 0.05) is 11.6 Å². The van der Waals surface area contributed by atoms with Crippen LogP contribution in [0.3, 0.4) is 0 Å². The lowest BCUT2D eigenvalue weighted by Crippen LogP contribution is -2.48. The molecule has 0 aromatic carbocycles. The summed E-state index contributed by atoms with van der Waals surface area (Å²) in [4.78, 5) is 0. The van der Waals surface area contributed by atoms with Crippen LogP contribution in [0, 0.1) is 5.92 Å². The predicted octanol–water partition coefficient (Wildman–Crippen LogP) is 2.32. The maximum absolute atomic E-state index is 3.77. The molecule has 0 heterocycles. The van der Waals surface area contributed by atoms with Gasteiger partial charge in [-0.25, -0.2) is 0 Å². The first-order valence-corrected chi connectivity index (χ1v) is 5.01. The maximum atomic E-state index is 3.77. The molecule has 0 saturated heterocycles. The van der Waals surface area contributed by atoms with Crippen molar-refractivity contribution in [2.24, 2.45) is 5.92 Å². The lowest BCUT2D eigenvalue weighted by Gasteiger charge is -2.39. The molecule has 2 aliphatic rings. The highest BCUT2D eigenvalue weighted by Crippen LogP contribution is 2.39. The molecule has 0 radical (unpaired) electrons. The zero-order valence-electron chi connectivity index (χ0n) is 7.69. The summed E-state index contributed by atoms with van der Waals surface area (Å²) in [6.07, 6.45) is 7.06. The third-order valence-electron chi connectivity index (χ3n) is 3.48. The fourth-order valence-corrected chi connectivity index (χ4v) is 2.03. The summed E-state index contributed by atoms with van der Waals surface area (Å²) in [5.74, 6) is 0.993. The Bertz CT molecular complexity index is 147. The van der Waals surface area contributed by atoms with Gasteiger partial charge in [0.2, 0.25) is 0 Å². The van der Waals surface area contributed by atoms with Crippen molar-refractivity contribution in [3.05, 3.63) is 0 Å². The highest BCUT2D eigenvalue weighted by atomic mass is 15.1. The van der Waals surface area contributed by atoms with Crippen LogP contribution in [0.2, 0.25) is 0 Å². The Morgan fingerprint density at radius 2 is 2.09 bits per heavy atom. The molecule has 1 heteroatoms. The molecule has 0 bridgehead atoms. The zero-order valence-corrected chi connectivity index (χ0v) is 7.69. The Morgan fingerprint density at radius 3 is 2.45 bits per heavy atom. The monoisotopic (exact) mass is 153 g/mol. The molecule has 2 aliphatic carbocycles. The molecule has 0 spiro atoms. The van der Waals surface area contributed by atoms with Gasteiger partial charge in [-0.15, -0.1) is 0 Å². The van der Waals surface area contributed by atoms with Crippen molar-refractivity contribution in [2.45, 2.75) is 57.5 Å². The van der Waals surface area contributed by atoms with Gasteiger partial charge in [-0.1, -0.05) is 13.3 Å². The van der Waals surface area contributed by atoms with Gasteiger partial charge in [-0.2, -0.15) is 0 Å². The van der Waals surface area contributed by atoms with Crippen molar-refractivity contribution in [1.29, 1.82) is 0 Å². The second-order valence-corrected chi connectivity index (χ2v) is 4.56. The van der Waals surface area contributed by atoms with Crippen molar-refractivity contribution < 1.29 is 0 Å². The maximum Gasteiger partial charge on any atom is 0.0157 e. The summed E-state index contributed by atoms with van der Waals surface area (Å²) in [7, 11) is 0. The molecule has 2 unspecified atom stereocenters. The van der Waals surface area contributed by atoms with Crippen LogP contribution >= 0.6 is 0 Å². The van der Waals surface area contributed by atoms with E-state index in [9.17, 15) is 0 Å². The second-order valence-electron chi connectivity index (χ2n) is 4.56. The average molecular weight is 153 g/mol. The lowest BCUT2D eigenvalue weighted by molar-refractivity contribution is 0.184. The molecular weight excluding hydrogens is 134 g/mol. The number of nitrogens with one attached hydrogen (secondary N) is 1. The van der Waals surface area contributed by atoms with Crippen molar-refractivity contribution in [3.8, 4) is 0 Å². The second kappa shape index (κ2) is 2.48. The SMILES string of the molecule is CCC1CCC1NC1(C)CC1. The van der Waals surface area contributed by atoms with E-state index in [0.29, 0.717) is 5.54 Å². The summed E-state index contributed by atoms with van der Waals surface area (Å²) in [6, 6.07) is 0.868. The Kier molecular flexibility index (Phi) is 1.71. The zero-order chi connectivity index (χ0) is 7.90. The molecule has 1 nitrogen and oxygen atoms in total. The Morgan fingerprint density at radius 1 is 1.36 bits per heavy atom. The van der Waals surface area contributed by atoms with Gasteiger partial charge in [-0.3, -0.25) is 0 Å². The minimum absolute atomic E-state index is 0.554. The van der Waals surface area contributed by atoms with Crippen molar-refractivity contribution in [2.75, 3.05) is 0 Å². The topological polar surface area (TPSA) is 12.0 Å². The van der Waals surface area contributed by atoms with Crippen molar-refractivity contribution in [3.63, 3.8) is 0 Å². The van der Waals surface area contributed by atoms with Gasteiger partial charge >= 0.3 is 0 Å². The summed E-state index contributed by atoms with van der Waals surface area (Å²) in [5.41, 5.74) is 0.554. The third-order valence-corrected chi connectivity index (χ3v) is 3.48. The van der Waals surface area contributed by atoms with Crippen LogP contribution in [0.4, 0.5) is 0 Å². The number of hydrogen-bond acceptors (Lipinski definition) is 1. The van der Waals surface area contributed by atoms with E-state index in [1.807, 2.05) is 0 Å². The van der Waals surface area contributed by atoms with Crippen molar-refractivity contribution in [1.82, 2.24) is 5.32 Å². The highest BCUT2D eigenvalue weighted by molar-refractivity contribution is 5.02. The van der Waals surface area contributed by atoms with Gasteiger partial charge in [0.1, 0.15) is 0 Å². The first kappa shape index (κ1) is 7.60. The van der Waals surface area contributed by atoms with Crippen LogP contribution in [0.1, 0.15) is 46.0 Å². The molecule has 64 valence electrons. The fourth-order valence-electron chi connectivity index (χ4n) is 2.03. The largest absolute Gasteiger partial charge is 0.308 e. The van der Waals surface area contributed by atoms with E-state index in [-0.39, 0.29) is 0 Å². The molecular formula is C10H19N. The first-order chi connectivity index (χ1) is 5.23. The molecule has 2 saturated carbocycles. The van der Waals surface area contributed by atoms with E-state index in [1.165, 1.54) is 32.1 Å². The first-order valence-electron chi connectivity index (χ1n) is 5.01. The van der Waals surface area contributed by atoms with Gasteiger partial charge < -0.3 is 5.32 Å². The van der Waals surface area contributed by atoms with Gasteiger partial charge in [0.05, 0.1) is 0 Å². The van der Waals surface area contributed by atoms with Gasteiger partial charge in [-0.05, 0) is 38.5 Å². The molecule has 0 aliphatic heterocycles. The molecule has 0 aromatic heterocycles. The standard InChI is InChI=1S/C10H19N/c1-3-8-4-5-9(8)11-10(2)6-7-10/h8-9,11H,3-7H2,1-2H3. The Labute approximate surface area is 69.6 Å². The van der Waals surface area contributed by atoms with E-state index >= 15 is 0 Å². The molecule has 0 amide bonds. The van der Waals surface area contributed by atoms with Crippen LogP contribution in [0.5, 0.6) is 0 Å². The summed E-state index contributed by atoms with van der Waals surface area (Å²) in [5, 5.41) is 3.77. The molecule has 1 N–H and O–H groups in total. The highest BCUT2D eigenvalue weighted by Gasteiger charge is 2.42. The Balaban J connectivity index is 1.78. The van der Waals surface area contributed by atoms with E-state index in [2.05, 4.69) is 19.2 Å². The lowest BCUT2D eigenvalue weighted by atomic mass is 9.77. The van der Waals surface area contributed by atoms with Gasteiger partial charge in [0.15, 0.2) is 0 Å². The quantitative estimate of drug-likeness (QED) is 0.656. The minimum atomic E-state index is 0.554. The molecule has 0 aromatic rings. The van der Waals surface area contributed by atoms with Crippen LogP contribution in [-0.4, -0.2) is 11.6 Å². The van der Waals surface area contributed by atoms with E-state index in [4.69, 9.17) is 0 Å². The normalized spacial score (nSPS) is 39.8. The predicted molar refractivity (Wildman–Crippen MR) is 47.6 cm³/mol. The summed E-state index contributed by atoms with van der Waals surface area (Å²) in [6.45, 7) is 4.67. The van der Waals surface area contributed by atoms with Crippen LogP contribution in [0.15, 0.2) is 0 Å². The molecule has 2 fully saturated rings. The third kappa shape index (κ3) is 1.44. The molecule has 2 atom stereocenters. The minimum Gasteiger partial charge on any atom is -0.308 e. The fraction of sp³-hybridized carbons (Fsp3) is 1.00. The molecule has 2 rings (SSSR count). The van der Waals surface area contributed by atoms with Gasteiger partial charge in [0.25, 0.3) is 0 Å². The Hall–Kier alpha value is -0.0400. The van der Waals surface area contributed by atoms with E-state index in [0.717, 1.165) is 12.0 Å². The summed E-state index contributed by atoms with van der Waals surface area (Å²) < 4.78 is 0. The van der Waals surface area contributed by atoms with E-state index < -0.39 is 0 Å². The van der Waals surface area contributed by atoms with Crippen LogP contribution in [0.25, 0.3) is 0 Å². The smallest absolute Gasteiger partial charge is 0.0157 e. The average Bonchev–Trinajstić information content (AvgIpc) is 2.64. The number of hydrogen-bond donors (Lipinski definition) is 1.